The fraction of sp³-hybridized carbons (Fsp3) is 0.286. The summed E-state index contributed by atoms with van der Waals surface area (Å²) in [5, 5.41) is 5.71. The molecule has 1 saturated heterocycles. The van der Waals surface area contributed by atoms with E-state index in [1.165, 1.54) is 31.2 Å². The van der Waals surface area contributed by atoms with E-state index in [9.17, 15) is 47.5 Å². The Morgan fingerprint density at radius 2 is 0.775 bits per heavy atom. The molecule has 142 heavy (non-hydrogen) atoms. The Morgan fingerprint density at radius 3 is 1.21 bits per heavy atom. The molecule has 24 nitrogen and oxygen atoms in total. The maximum atomic E-state index is 13.9. The lowest BCUT2D eigenvalue weighted by atomic mass is 9.89. The lowest BCUT2D eigenvalue weighted by Crippen LogP contribution is -2.47. The van der Waals surface area contributed by atoms with Gasteiger partial charge < -0.3 is 68.4 Å². The molecule has 11 aromatic carbocycles. The molecule has 0 spiro atoms. The van der Waals surface area contributed by atoms with Crippen molar-refractivity contribution >= 4 is 162 Å². The topological polar surface area (TPSA) is 245 Å². The van der Waals surface area contributed by atoms with E-state index in [4.69, 9.17) is 77.0 Å². The van der Waals surface area contributed by atoms with E-state index in [-0.39, 0.29) is 101 Å². The molecule has 12 aromatic rings. The molecule has 0 saturated carbocycles. The predicted octanol–water partition coefficient (Wildman–Crippen LogP) is 24.2. The lowest BCUT2D eigenvalue weighted by molar-refractivity contribution is -0.121. The van der Waals surface area contributed by atoms with Crippen LogP contribution < -0.4 is 63.6 Å². The number of amides is 9. The number of benzene rings is 11. The first-order valence-electron chi connectivity index (χ1n) is 47.3. The molecule has 1 aromatic heterocycles. The van der Waals surface area contributed by atoms with E-state index >= 15 is 0 Å². The summed E-state index contributed by atoms with van der Waals surface area (Å²) in [7, 11) is 3.15. The number of hydrogen-bond acceptors (Lipinski definition) is 15. The molecule has 8 atom stereocenters. The number of methoxy groups -OCH3 is 2. The van der Waals surface area contributed by atoms with Gasteiger partial charge in [0, 0.05) is 188 Å². The van der Waals surface area contributed by atoms with Crippen molar-refractivity contribution in [2.45, 2.75) is 156 Å². The average molecular weight is 2020 g/mol. The van der Waals surface area contributed by atoms with E-state index in [1.54, 1.807) is 179 Å². The predicted molar refractivity (Wildman–Crippen MR) is 561 cm³/mol. The van der Waals surface area contributed by atoms with Gasteiger partial charge in [-0.2, -0.15) is 0 Å². The minimum absolute atomic E-state index is 0.0137. The van der Waals surface area contributed by atoms with Crippen LogP contribution in [0.25, 0.3) is 0 Å². The number of morpholine rings is 1. The summed E-state index contributed by atoms with van der Waals surface area (Å²) in [5.41, 5.74) is 11.6. The second-order valence-electron chi connectivity index (χ2n) is 35.2. The van der Waals surface area contributed by atoms with E-state index in [1.807, 2.05) is 179 Å². The number of nitrogens with zero attached hydrogens (tertiary/aromatic N) is 10. The normalized spacial score (nSPS) is 17.5. The Balaban J connectivity index is 0.000000151. The van der Waals surface area contributed by atoms with E-state index in [0.29, 0.717) is 142 Å². The van der Waals surface area contributed by atoms with Gasteiger partial charge >= 0.3 is 0 Å². The number of halogens is 6. The monoisotopic (exact) mass is 2010 g/mol. The zero-order valence-electron chi connectivity index (χ0n) is 80.8. The van der Waals surface area contributed by atoms with Crippen LogP contribution in [0.5, 0.6) is 17.2 Å². The fourth-order valence-corrected chi connectivity index (χ4v) is 19.8. The van der Waals surface area contributed by atoms with Gasteiger partial charge in [0.15, 0.2) is 0 Å². The van der Waals surface area contributed by atoms with Crippen LogP contribution in [-0.2, 0) is 28.7 Å². The standard InChI is InChI=1S/C31H34ClN3O4.C28H29ClN4O3.C27H26ClFN2O3.C26H24Cl2N2O3/c1-4-33-30(37)10-7-19-39-26-17-11-23(12-18-26)31(38)34-21(2)20-29(27-8-5-6-9-28(27)34)35(22(3)36)25-15-13-24(32)14-16-25;1-19-17-26(33(20(2)34)23-9-7-22(29)8-10-23)24-5-3-4-6-25(24)32(19)28(35)21-11-12-30-27(18-21)31-13-15-36-16-14-31;1-4-26(32)31(21-11-7-19(28)8-12-21)25-15-17(2)30(24-14-13-22(34-3)16-23(24)25)27(33)18-5-9-20(29)10-6-18;1-16-13-25(30(17(2)31)21-10-7-19(27)8-11-21)23-15-20(28)9-12-24(23)29(16)26(32)18-5-4-6-22(14-18)33-3/h5-6,8-9,11-18,21,29H,4,7,10,19-20H2,1-3H3,(H,33,37);3-12,18-19,26H,13-17H2,1-2H3;5-14,16-17,25H,4,15H2,1-3H3;4-12,14-16,25H,13H2,1-3H3/t21-,29+;19-,26+;17-,25+;16-,25+/m0010/s1. The van der Waals surface area contributed by atoms with Gasteiger partial charge in [-0.15, -0.1) is 0 Å². The number of rotatable bonds is 22. The number of para-hydroxylation sites is 2. The van der Waals surface area contributed by atoms with Gasteiger partial charge in [-0.05, 0) is 302 Å². The number of anilines is 9. The van der Waals surface area contributed by atoms with Crippen molar-refractivity contribution in [3.8, 4) is 17.2 Å². The molecule has 5 aliphatic heterocycles. The van der Waals surface area contributed by atoms with Gasteiger partial charge in [0.05, 0.1) is 58.2 Å². The SMILES string of the molecule is CC(=O)N(c1ccc(Cl)cc1)[C@@H]1C[C@H](C)N(C(=O)c2ccnc(N3CCOCC3)c2)c2ccccc21.CCC(=O)N(c1ccc(Cl)cc1)[C@H]1C[C@@H](C)N(C(=O)c2ccc(F)cc2)c2ccc(OC)cc21.CCNC(=O)CCCOc1ccc(C(=O)N2c3ccccc3[C@H](N(C(C)=O)c3ccc(Cl)cc3)C[C@@H]2C)cc1.COc1cccc(C(=O)N2c3ccc(Cl)cc3[C@H](N(C(C)=O)c3ccc(Cl)cc3)C[C@@H]2C)c1. The lowest BCUT2D eigenvalue weighted by Gasteiger charge is -2.43. The van der Waals surface area contributed by atoms with Crippen LogP contribution in [0.4, 0.5) is 55.7 Å². The molecule has 0 radical (unpaired) electrons. The minimum atomic E-state index is -0.398. The van der Waals surface area contributed by atoms with Crippen LogP contribution in [0, 0.1) is 5.82 Å². The van der Waals surface area contributed by atoms with Crippen molar-refractivity contribution in [2.24, 2.45) is 0 Å². The van der Waals surface area contributed by atoms with Gasteiger partial charge in [-0.3, -0.25) is 43.2 Å². The molecule has 0 unspecified atom stereocenters. The van der Waals surface area contributed by atoms with Crippen LogP contribution >= 0.6 is 58.0 Å². The molecule has 5 aliphatic rings. The average Bonchev–Trinajstić information content (AvgIpc) is 0.762. The number of carbonyl (C=O) groups is 9. The third-order valence-electron chi connectivity index (χ3n) is 25.7. The van der Waals surface area contributed by atoms with Crippen LogP contribution in [0.2, 0.25) is 25.1 Å². The van der Waals surface area contributed by atoms with Crippen molar-refractivity contribution in [3.63, 3.8) is 0 Å². The second-order valence-corrected chi connectivity index (χ2v) is 37.4. The highest BCUT2D eigenvalue weighted by molar-refractivity contribution is 6.32. The molecular formula is C112H113Cl5FN11O13. The number of fused-ring (bicyclic) bond motifs is 4. The Labute approximate surface area is 852 Å². The molecule has 6 heterocycles. The number of pyridine rings is 1. The Hall–Kier alpha value is -13.7. The van der Waals surface area contributed by atoms with Crippen LogP contribution in [-0.4, -0.2) is 136 Å². The van der Waals surface area contributed by atoms with Crippen LogP contribution in [0.15, 0.2) is 273 Å². The zero-order chi connectivity index (χ0) is 101. The first-order valence-corrected chi connectivity index (χ1v) is 49.2. The van der Waals surface area contributed by atoms with Gasteiger partial charge in [0.1, 0.15) is 28.9 Å². The quantitative estimate of drug-likeness (QED) is 0.0620. The van der Waals surface area contributed by atoms with Crippen molar-refractivity contribution in [3.05, 3.63) is 349 Å². The maximum Gasteiger partial charge on any atom is 0.258 e. The van der Waals surface area contributed by atoms with E-state index in [0.717, 1.165) is 81.0 Å². The van der Waals surface area contributed by atoms with Crippen molar-refractivity contribution in [1.82, 2.24) is 10.3 Å². The molecule has 17 rings (SSSR count). The van der Waals surface area contributed by atoms with Crippen LogP contribution in [0.3, 0.4) is 0 Å². The van der Waals surface area contributed by atoms with Crippen molar-refractivity contribution in [2.75, 3.05) is 97.8 Å². The third-order valence-corrected chi connectivity index (χ3v) is 27.0. The molecule has 9 amide bonds. The number of aromatic nitrogens is 1. The maximum absolute atomic E-state index is 13.9. The third kappa shape index (κ3) is 24.2. The summed E-state index contributed by atoms with van der Waals surface area (Å²) in [6.07, 6.45) is 5.29. The van der Waals surface area contributed by atoms with E-state index in [2.05, 4.69) is 15.2 Å². The number of hydrogen-bond donors (Lipinski definition) is 1. The molecule has 1 fully saturated rings. The first kappa shape index (κ1) is 104. The summed E-state index contributed by atoms with van der Waals surface area (Å²) < 4.78 is 35.4. The summed E-state index contributed by atoms with van der Waals surface area (Å²) in [6.45, 7) is 20.2. The molecular weight excluding hydrogens is 1900 g/mol. The molecule has 736 valence electrons. The number of carbonyl (C=O) groups excluding carboxylic acids is 9. The Morgan fingerprint density at radius 1 is 0.401 bits per heavy atom. The van der Waals surface area contributed by atoms with Gasteiger partial charge in [-0.1, -0.05) is 107 Å². The van der Waals surface area contributed by atoms with Gasteiger partial charge in [-0.25, -0.2) is 9.37 Å². The summed E-state index contributed by atoms with van der Waals surface area (Å²) in [5.74, 6) is 1.46. The van der Waals surface area contributed by atoms with Gasteiger partial charge in [0.25, 0.3) is 23.6 Å². The largest absolute Gasteiger partial charge is 0.497 e. The molecule has 30 heteroatoms. The van der Waals surface area contributed by atoms with Crippen LogP contribution in [0.1, 0.15) is 195 Å². The second kappa shape index (κ2) is 47.7. The zero-order valence-corrected chi connectivity index (χ0v) is 84.6. The summed E-state index contributed by atoms with van der Waals surface area (Å²) >= 11 is 30.7. The summed E-state index contributed by atoms with van der Waals surface area (Å²) in [4.78, 5) is 139. The molecule has 0 bridgehead atoms. The molecule has 0 aliphatic carbocycles. The Kier molecular flexibility index (Phi) is 35.0. The number of nitrogens with one attached hydrogen (secondary N) is 1. The highest BCUT2D eigenvalue weighted by atomic mass is 35.5. The van der Waals surface area contributed by atoms with Crippen molar-refractivity contribution in [1.29, 1.82) is 0 Å². The highest BCUT2D eigenvalue weighted by Gasteiger charge is 2.44. The number of ether oxygens (including phenoxy) is 4. The van der Waals surface area contributed by atoms with Gasteiger partial charge in [0.2, 0.25) is 29.5 Å². The Bertz CT molecular complexity index is 6530. The summed E-state index contributed by atoms with van der Waals surface area (Å²) in [6, 6.07) is 77.1. The smallest absolute Gasteiger partial charge is 0.258 e. The van der Waals surface area contributed by atoms with Crippen molar-refractivity contribution < 1.29 is 66.5 Å². The fourth-order valence-electron chi connectivity index (χ4n) is 19.2. The molecule has 1 N–H and O–H groups in total. The van der Waals surface area contributed by atoms with E-state index < -0.39 is 5.82 Å². The highest BCUT2D eigenvalue weighted by Crippen LogP contribution is 2.50. The first-order chi connectivity index (χ1) is 68.4. The minimum Gasteiger partial charge on any atom is -0.497 e.